The molecule has 1 saturated carbocycles. The Labute approximate surface area is 124 Å². The minimum absolute atomic E-state index is 0.500. The SMILES string of the molecule is C1CCCC1.C1COCOC1.CC.CC.CC.CC. The molecule has 0 amide bonds. The molecule has 1 heterocycles. The van der Waals surface area contributed by atoms with Crippen LogP contribution in [0, 0.1) is 0 Å². The van der Waals surface area contributed by atoms with Crippen molar-refractivity contribution in [2.75, 3.05) is 20.0 Å². The molecule has 0 spiro atoms. The highest BCUT2D eigenvalue weighted by atomic mass is 16.7. The lowest BCUT2D eigenvalue weighted by atomic mass is 10.4. The van der Waals surface area contributed by atoms with E-state index < -0.39 is 0 Å². The number of rotatable bonds is 0. The van der Waals surface area contributed by atoms with Gasteiger partial charge in [0.25, 0.3) is 0 Å². The molecule has 0 aromatic carbocycles. The van der Waals surface area contributed by atoms with E-state index in [0.29, 0.717) is 6.79 Å². The van der Waals surface area contributed by atoms with Crippen LogP contribution in [0.5, 0.6) is 0 Å². The van der Waals surface area contributed by atoms with Crippen molar-refractivity contribution in [3.8, 4) is 0 Å². The molecule has 2 aliphatic rings. The topological polar surface area (TPSA) is 18.5 Å². The highest BCUT2D eigenvalue weighted by molar-refractivity contribution is 4.51. The van der Waals surface area contributed by atoms with Crippen LogP contribution in [0.2, 0.25) is 0 Å². The Balaban J connectivity index is -0.0000000790. The molecule has 1 aliphatic carbocycles. The predicted molar refractivity (Wildman–Crippen MR) is 89.9 cm³/mol. The maximum absolute atomic E-state index is 4.85. The molecular weight excluding hydrogens is 236 g/mol. The van der Waals surface area contributed by atoms with E-state index in [-0.39, 0.29) is 0 Å². The number of hydrogen-bond acceptors (Lipinski definition) is 2. The van der Waals surface area contributed by atoms with Gasteiger partial charge in [-0.2, -0.15) is 0 Å². The lowest BCUT2D eigenvalue weighted by molar-refractivity contribution is -0.0963. The van der Waals surface area contributed by atoms with E-state index in [4.69, 9.17) is 9.47 Å². The fourth-order valence-corrected chi connectivity index (χ4v) is 1.32. The second-order valence-corrected chi connectivity index (χ2v) is 3.06. The van der Waals surface area contributed by atoms with Gasteiger partial charge >= 0.3 is 0 Å². The summed E-state index contributed by atoms with van der Waals surface area (Å²) in [5.74, 6) is 0. The molecule has 122 valence electrons. The summed E-state index contributed by atoms with van der Waals surface area (Å²) in [7, 11) is 0. The van der Waals surface area contributed by atoms with E-state index in [0.717, 1.165) is 19.6 Å². The minimum Gasteiger partial charge on any atom is -0.355 e. The maximum atomic E-state index is 4.85. The third-order valence-electron chi connectivity index (χ3n) is 1.99. The first-order valence-electron chi connectivity index (χ1n) is 8.65. The van der Waals surface area contributed by atoms with Crippen molar-refractivity contribution in [3.05, 3.63) is 0 Å². The first kappa shape index (κ1) is 27.3. The van der Waals surface area contributed by atoms with Crippen LogP contribution in [0.1, 0.15) is 93.9 Å². The molecular formula is C17H42O2. The average Bonchev–Trinajstić information content (AvgIpc) is 3.16. The quantitative estimate of drug-likeness (QED) is 0.508. The van der Waals surface area contributed by atoms with Gasteiger partial charge in [0.2, 0.25) is 0 Å². The summed E-state index contributed by atoms with van der Waals surface area (Å²) in [6, 6.07) is 0. The highest BCUT2D eigenvalue weighted by Crippen LogP contribution is 2.15. The first-order valence-corrected chi connectivity index (χ1v) is 8.65. The summed E-state index contributed by atoms with van der Waals surface area (Å²) in [6.07, 6.45) is 8.56. The van der Waals surface area contributed by atoms with Crippen molar-refractivity contribution in [1.82, 2.24) is 0 Å². The molecule has 0 N–H and O–H groups in total. The van der Waals surface area contributed by atoms with Gasteiger partial charge in [0.1, 0.15) is 6.79 Å². The fraction of sp³-hybridized carbons (Fsp3) is 1.00. The third-order valence-corrected chi connectivity index (χ3v) is 1.99. The molecule has 0 bridgehead atoms. The van der Waals surface area contributed by atoms with E-state index >= 15 is 0 Å². The molecule has 0 radical (unpaired) electrons. The van der Waals surface area contributed by atoms with E-state index in [1.54, 1.807) is 0 Å². The third kappa shape index (κ3) is 38.1. The largest absolute Gasteiger partial charge is 0.355 e. The van der Waals surface area contributed by atoms with Gasteiger partial charge in [-0.15, -0.1) is 0 Å². The number of hydrogen-bond donors (Lipinski definition) is 0. The zero-order valence-electron chi connectivity index (χ0n) is 15.2. The summed E-state index contributed by atoms with van der Waals surface area (Å²) in [4.78, 5) is 0. The van der Waals surface area contributed by atoms with Crippen LogP contribution >= 0.6 is 0 Å². The molecule has 0 atom stereocenters. The van der Waals surface area contributed by atoms with Crippen molar-refractivity contribution < 1.29 is 9.47 Å². The highest BCUT2D eigenvalue weighted by Gasteiger charge is 1.95. The summed E-state index contributed by atoms with van der Waals surface area (Å²) in [5.41, 5.74) is 0. The van der Waals surface area contributed by atoms with Crippen LogP contribution in [0.3, 0.4) is 0 Å². The zero-order valence-corrected chi connectivity index (χ0v) is 15.2. The molecule has 0 aromatic heterocycles. The van der Waals surface area contributed by atoms with E-state index in [2.05, 4.69) is 0 Å². The molecule has 2 heteroatoms. The Hall–Kier alpha value is -0.0800. The molecule has 1 aliphatic heterocycles. The number of ether oxygens (including phenoxy) is 2. The Bertz CT molecular complexity index is 58.2. The van der Waals surface area contributed by atoms with Gasteiger partial charge in [-0.3, -0.25) is 0 Å². The van der Waals surface area contributed by atoms with Gasteiger partial charge in [-0.05, 0) is 6.42 Å². The predicted octanol–water partition coefficient (Wildman–Crippen LogP) is 6.44. The Morgan fingerprint density at radius 3 is 0.789 bits per heavy atom. The van der Waals surface area contributed by atoms with Gasteiger partial charge in [0, 0.05) is 0 Å². The van der Waals surface area contributed by atoms with Crippen molar-refractivity contribution >= 4 is 0 Å². The van der Waals surface area contributed by atoms with Gasteiger partial charge < -0.3 is 9.47 Å². The first-order chi connectivity index (χ1) is 9.50. The Morgan fingerprint density at radius 1 is 0.421 bits per heavy atom. The normalized spacial score (nSPS) is 15.2. The molecule has 2 fully saturated rings. The summed E-state index contributed by atoms with van der Waals surface area (Å²) >= 11 is 0. The van der Waals surface area contributed by atoms with E-state index in [9.17, 15) is 0 Å². The van der Waals surface area contributed by atoms with Gasteiger partial charge in [0.15, 0.2) is 0 Å². The smallest absolute Gasteiger partial charge is 0.146 e. The molecule has 0 aromatic rings. The maximum Gasteiger partial charge on any atom is 0.146 e. The summed E-state index contributed by atoms with van der Waals surface area (Å²) in [5, 5.41) is 0. The van der Waals surface area contributed by atoms with Gasteiger partial charge in [0.05, 0.1) is 13.2 Å². The molecule has 0 unspecified atom stereocenters. The molecule has 1 saturated heterocycles. The second-order valence-electron chi connectivity index (χ2n) is 3.06. The summed E-state index contributed by atoms with van der Waals surface area (Å²) < 4.78 is 9.69. The Kier molecular flexibility index (Phi) is 61.8. The lowest BCUT2D eigenvalue weighted by Gasteiger charge is -2.09. The average molecular weight is 279 g/mol. The summed E-state index contributed by atoms with van der Waals surface area (Å²) in [6.45, 7) is 18.2. The Morgan fingerprint density at radius 2 is 0.684 bits per heavy atom. The zero-order chi connectivity index (χ0) is 15.8. The fourth-order valence-electron chi connectivity index (χ4n) is 1.32. The van der Waals surface area contributed by atoms with Crippen LogP contribution in [-0.4, -0.2) is 20.0 Å². The molecule has 2 rings (SSSR count). The van der Waals surface area contributed by atoms with Gasteiger partial charge in [-0.25, -0.2) is 0 Å². The van der Waals surface area contributed by atoms with Crippen molar-refractivity contribution in [3.63, 3.8) is 0 Å². The van der Waals surface area contributed by atoms with E-state index in [1.165, 1.54) is 32.1 Å². The van der Waals surface area contributed by atoms with Crippen LogP contribution < -0.4 is 0 Å². The van der Waals surface area contributed by atoms with Crippen molar-refractivity contribution in [2.45, 2.75) is 93.9 Å². The monoisotopic (exact) mass is 278 g/mol. The van der Waals surface area contributed by atoms with Crippen LogP contribution in [0.25, 0.3) is 0 Å². The standard InChI is InChI=1S/C5H10.C4H8O2.4C2H6/c1-2-4-5-3-1;1-2-5-4-6-3-1;4*1-2/h1-5H2;1-4H2;4*1-2H3. The van der Waals surface area contributed by atoms with Crippen molar-refractivity contribution in [1.29, 1.82) is 0 Å². The molecule has 2 nitrogen and oxygen atoms in total. The second kappa shape index (κ2) is 43.0. The molecule has 19 heavy (non-hydrogen) atoms. The van der Waals surface area contributed by atoms with Crippen LogP contribution in [0.15, 0.2) is 0 Å². The minimum atomic E-state index is 0.500. The van der Waals surface area contributed by atoms with E-state index in [1.807, 2.05) is 55.4 Å². The van der Waals surface area contributed by atoms with Crippen molar-refractivity contribution in [2.24, 2.45) is 0 Å². The van der Waals surface area contributed by atoms with Gasteiger partial charge in [-0.1, -0.05) is 87.5 Å². The van der Waals surface area contributed by atoms with Crippen LogP contribution in [-0.2, 0) is 9.47 Å². The lowest BCUT2D eigenvalue weighted by Crippen LogP contribution is -2.11. The van der Waals surface area contributed by atoms with Crippen LogP contribution in [0.4, 0.5) is 0 Å².